The summed E-state index contributed by atoms with van der Waals surface area (Å²) in [6, 6.07) is 3.16. The molecule has 15 heavy (non-hydrogen) atoms. The highest BCUT2D eigenvalue weighted by Crippen LogP contribution is 2.20. The fraction of sp³-hybridized carbons (Fsp3) is 0.455. The Morgan fingerprint density at radius 2 is 1.67 bits per heavy atom. The molecule has 0 aliphatic rings. The van der Waals surface area contributed by atoms with Crippen LogP contribution in [0.1, 0.15) is 16.7 Å². The summed E-state index contributed by atoms with van der Waals surface area (Å²) >= 11 is 11.3. The standard InChI is InChI=1S/C11H14Cl2FN/c12-5-3-9-8(7-15)1-2-11(14)10(9)4-6-13/h1-2H,3-7,15H2. The lowest BCUT2D eigenvalue weighted by atomic mass is 9.96. The maximum absolute atomic E-state index is 13.5. The van der Waals surface area contributed by atoms with E-state index < -0.39 is 0 Å². The first-order valence-electron chi connectivity index (χ1n) is 4.85. The van der Waals surface area contributed by atoms with Gasteiger partial charge < -0.3 is 5.73 Å². The molecule has 1 aromatic carbocycles. The molecule has 1 rings (SSSR count). The Morgan fingerprint density at radius 1 is 1.07 bits per heavy atom. The van der Waals surface area contributed by atoms with Crippen molar-refractivity contribution in [2.75, 3.05) is 11.8 Å². The summed E-state index contributed by atoms with van der Waals surface area (Å²) in [5.41, 5.74) is 8.14. The van der Waals surface area contributed by atoms with Crippen molar-refractivity contribution in [3.8, 4) is 0 Å². The van der Waals surface area contributed by atoms with Gasteiger partial charge in [0.15, 0.2) is 0 Å². The number of nitrogens with two attached hydrogens (primary N) is 1. The van der Waals surface area contributed by atoms with E-state index in [0.717, 1.165) is 11.1 Å². The van der Waals surface area contributed by atoms with Crippen LogP contribution in [0, 0.1) is 5.82 Å². The minimum Gasteiger partial charge on any atom is -0.326 e. The third-order valence-electron chi connectivity index (χ3n) is 2.38. The molecule has 0 amide bonds. The lowest BCUT2D eigenvalue weighted by Crippen LogP contribution is -2.08. The van der Waals surface area contributed by atoms with Gasteiger partial charge in [-0.2, -0.15) is 0 Å². The highest BCUT2D eigenvalue weighted by Gasteiger charge is 2.11. The average Bonchev–Trinajstić information content (AvgIpc) is 2.24. The zero-order valence-corrected chi connectivity index (χ0v) is 9.91. The van der Waals surface area contributed by atoms with Crippen LogP contribution in [-0.2, 0) is 19.4 Å². The molecule has 4 heteroatoms. The molecule has 0 saturated carbocycles. The maximum Gasteiger partial charge on any atom is 0.126 e. The molecule has 1 nitrogen and oxygen atoms in total. The second-order valence-electron chi connectivity index (χ2n) is 3.25. The Balaban J connectivity index is 3.17. The van der Waals surface area contributed by atoms with E-state index in [0.29, 0.717) is 36.7 Å². The van der Waals surface area contributed by atoms with Gasteiger partial charge in [-0.1, -0.05) is 6.07 Å². The largest absolute Gasteiger partial charge is 0.326 e. The van der Waals surface area contributed by atoms with Gasteiger partial charge in [-0.25, -0.2) is 4.39 Å². The summed E-state index contributed by atoms with van der Waals surface area (Å²) in [5.74, 6) is 0.652. The molecule has 0 spiro atoms. The minimum absolute atomic E-state index is 0.215. The fourth-order valence-electron chi connectivity index (χ4n) is 1.67. The van der Waals surface area contributed by atoms with Crippen LogP contribution in [0.5, 0.6) is 0 Å². The van der Waals surface area contributed by atoms with Crippen molar-refractivity contribution in [1.29, 1.82) is 0 Å². The Bertz CT molecular complexity index is 329. The van der Waals surface area contributed by atoms with Gasteiger partial charge in [0.1, 0.15) is 5.82 Å². The molecule has 0 saturated heterocycles. The molecule has 1 aromatic rings. The summed E-state index contributed by atoms with van der Waals surface area (Å²) < 4.78 is 13.5. The van der Waals surface area contributed by atoms with Gasteiger partial charge in [-0.15, -0.1) is 23.2 Å². The van der Waals surface area contributed by atoms with Crippen LogP contribution in [0.15, 0.2) is 12.1 Å². The molecule has 0 bridgehead atoms. The van der Waals surface area contributed by atoms with Crippen LogP contribution >= 0.6 is 23.2 Å². The quantitative estimate of drug-likeness (QED) is 0.799. The molecule has 0 fully saturated rings. The topological polar surface area (TPSA) is 26.0 Å². The zero-order valence-electron chi connectivity index (χ0n) is 8.40. The van der Waals surface area contributed by atoms with Gasteiger partial charge in [0.2, 0.25) is 0 Å². The minimum atomic E-state index is -0.215. The Morgan fingerprint density at radius 3 is 2.20 bits per heavy atom. The van der Waals surface area contributed by atoms with E-state index in [1.807, 2.05) is 0 Å². The smallest absolute Gasteiger partial charge is 0.126 e. The van der Waals surface area contributed by atoms with E-state index in [4.69, 9.17) is 28.9 Å². The first kappa shape index (κ1) is 12.8. The second kappa shape index (κ2) is 6.31. The van der Waals surface area contributed by atoms with Crippen molar-refractivity contribution in [3.63, 3.8) is 0 Å². The van der Waals surface area contributed by atoms with E-state index in [9.17, 15) is 4.39 Å². The number of benzene rings is 1. The number of hydrogen-bond donors (Lipinski definition) is 1. The first-order chi connectivity index (χ1) is 7.24. The number of halogens is 3. The van der Waals surface area contributed by atoms with Crippen molar-refractivity contribution >= 4 is 23.2 Å². The van der Waals surface area contributed by atoms with Crippen molar-refractivity contribution in [3.05, 3.63) is 34.6 Å². The lowest BCUT2D eigenvalue weighted by molar-refractivity contribution is 0.607. The molecule has 0 atom stereocenters. The van der Waals surface area contributed by atoms with Crippen LogP contribution in [0.25, 0.3) is 0 Å². The van der Waals surface area contributed by atoms with E-state index in [1.165, 1.54) is 6.07 Å². The Kier molecular flexibility index (Phi) is 5.37. The number of rotatable bonds is 5. The highest BCUT2D eigenvalue weighted by molar-refractivity contribution is 6.18. The predicted molar refractivity (Wildman–Crippen MR) is 63.1 cm³/mol. The monoisotopic (exact) mass is 249 g/mol. The van der Waals surface area contributed by atoms with Gasteiger partial charge in [0.25, 0.3) is 0 Å². The third-order valence-corrected chi connectivity index (χ3v) is 2.76. The Hall–Kier alpha value is -0.310. The summed E-state index contributed by atoms with van der Waals surface area (Å²) in [6.07, 6.45) is 1.16. The summed E-state index contributed by atoms with van der Waals surface area (Å²) in [5, 5.41) is 0. The average molecular weight is 250 g/mol. The zero-order chi connectivity index (χ0) is 11.3. The van der Waals surface area contributed by atoms with Crippen LogP contribution < -0.4 is 5.73 Å². The van der Waals surface area contributed by atoms with Gasteiger partial charge in [0.05, 0.1) is 0 Å². The van der Waals surface area contributed by atoms with Gasteiger partial charge in [-0.3, -0.25) is 0 Å². The lowest BCUT2D eigenvalue weighted by Gasteiger charge is -2.13. The number of hydrogen-bond acceptors (Lipinski definition) is 1. The van der Waals surface area contributed by atoms with Gasteiger partial charge in [-0.05, 0) is 35.6 Å². The molecular weight excluding hydrogens is 236 g/mol. The molecule has 0 radical (unpaired) electrons. The third kappa shape index (κ3) is 3.07. The summed E-state index contributed by atoms with van der Waals surface area (Å²) in [6.45, 7) is 0.405. The summed E-state index contributed by atoms with van der Waals surface area (Å²) in [4.78, 5) is 0. The van der Waals surface area contributed by atoms with Crippen LogP contribution in [0.3, 0.4) is 0 Å². The second-order valence-corrected chi connectivity index (χ2v) is 4.00. The SMILES string of the molecule is NCc1ccc(F)c(CCCl)c1CCCl. The van der Waals surface area contributed by atoms with Gasteiger partial charge in [0, 0.05) is 18.3 Å². The fourth-order valence-corrected chi connectivity index (χ4v) is 2.05. The van der Waals surface area contributed by atoms with E-state index >= 15 is 0 Å². The van der Waals surface area contributed by atoms with E-state index in [1.54, 1.807) is 6.07 Å². The highest BCUT2D eigenvalue weighted by atomic mass is 35.5. The van der Waals surface area contributed by atoms with E-state index in [-0.39, 0.29) is 5.82 Å². The molecule has 0 aromatic heterocycles. The normalized spacial score (nSPS) is 10.7. The molecule has 84 valence electrons. The van der Waals surface area contributed by atoms with E-state index in [2.05, 4.69) is 0 Å². The van der Waals surface area contributed by atoms with Crippen LogP contribution in [0.4, 0.5) is 4.39 Å². The van der Waals surface area contributed by atoms with Crippen molar-refractivity contribution in [1.82, 2.24) is 0 Å². The maximum atomic E-state index is 13.5. The summed E-state index contributed by atoms with van der Waals surface area (Å²) in [7, 11) is 0. The molecule has 0 aliphatic heterocycles. The molecule has 2 N–H and O–H groups in total. The van der Waals surface area contributed by atoms with Crippen molar-refractivity contribution < 1.29 is 4.39 Å². The Labute approximate surface area is 99.4 Å². The molecule has 0 unspecified atom stereocenters. The van der Waals surface area contributed by atoms with Crippen LogP contribution in [0.2, 0.25) is 0 Å². The van der Waals surface area contributed by atoms with Crippen molar-refractivity contribution in [2.24, 2.45) is 5.73 Å². The molecule has 0 aliphatic carbocycles. The molecule has 0 heterocycles. The predicted octanol–water partition coefficient (Wildman–Crippen LogP) is 2.85. The van der Waals surface area contributed by atoms with Gasteiger partial charge >= 0.3 is 0 Å². The van der Waals surface area contributed by atoms with Crippen LogP contribution in [-0.4, -0.2) is 11.8 Å². The number of alkyl halides is 2. The first-order valence-corrected chi connectivity index (χ1v) is 5.92. The van der Waals surface area contributed by atoms with Crippen molar-refractivity contribution in [2.45, 2.75) is 19.4 Å². The molecular formula is C11H14Cl2FN.